The van der Waals surface area contributed by atoms with E-state index in [1.807, 2.05) is 31.2 Å². The van der Waals surface area contributed by atoms with Crippen molar-refractivity contribution in [3.63, 3.8) is 0 Å². The van der Waals surface area contributed by atoms with Crippen molar-refractivity contribution in [2.45, 2.75) is 25.7 Å². The van der Waals surface area contributed by atoms with E-state index in [1.54, 1.807) is 0 Å². The molecule has 1 fully saturated rings. The second-order valence-electron chi connectivity index (χ2n) is 4.76. The number of hydrogen-bond acceptors (Lipinski definition) is 3. The molecule has 1 atom stereocenters. The van der Waals surface area contributed by atoms with Crippen LogP contribution in [0.5, 0.6) is 0 Å². The van der Waals surface area contributed by atoms with Gasteiger partial charge in [-0.3, -0.25) is 4.79 Å². The summed E-state index contributed by atoms with van der Waals surface area (Å²) in [5.41, 5.74) is 1.02. The Kier molecular flexibility index (Phi) is 4.30. The van der Waals surface area contributed by atoms with Gasteiger partial charge < -0.3 is 0 Å². The molecular weight excluding hydrogens is 330 g/mol. The largest absolute Gasteiger partial charge is 0.274 e. The number of hydrogen-bond donors (Lipinski definition) is 0. The molecule has 2 rings (SSSR count). The van der Waals surface area contributed by atoms with Gasteiger partial charge in [0.2, 0.25) is 15.9 Å². The molecule has 1 aliphatic rings. The van der Waals surface area contributed by atoms with Gasteiger partial charge >= 0.3 is 0 Å². The summed E-state index contributed by atoms with van der Waals surface area (Å²) in [6.07, 6.45) is 0.749. The predicted molar refractivity (Wildman–Crippen MR) is 77.3 cm³/mol. The Labute approximate surface area is 122 Å². The first kappa shape index (κ1) is 14.5. The molecule has 19 heavy (non-hydrogen) atoms. The average Bonchev–Trinajstić information content (AvgIpc) is 2.69. The van der Waals surface area contributed by atoms with Crippen molar-refractivity contribution < 1.29 is 13.2 Å². The Morgan fingerprint density at radius 1 is 1.42 bits per heavy atom. The summed E-state index contributed by atoms with van der Waals surface area (Å²) in [6, 6.07) is 7.68. The van der Waals surface area contributed by atoms with E-state index < -0.39 is 10.0 Å². The van der Waals surface area contributed by atoms with Gasteiger partial charge in [-0.2, -0.15) is 0 Å². The summed E-state index contributed by atoms with van der Waals surface area (Å²) < 4.78 is 25.3. The molecule has 1 aliphatic heterocycles. The van der Waals surface area contributed by atoms with Gasteiger partial charge in [0.15, 0.2) is 0 Å². The molecule has 0 saturated carbocycles. The van der Waals surface area contributed by atoms with Gasteiger partial charge in [0.05, 0.1) is 5.75 Å². The Morgan fingerprint density at radius 3 is 2.68 bits per heavy atom. The van der Waals surface area contributed by atoms with Gasteiger partial charge in [0.1, 0.15) is 0 Å². The van der Waals surface area contributed by atoms with Gasteiger partial charge in [-0.25, -0.2) is 12.7 Å². The van der Waals surface area contributed by atoms with Gasteiger partial charge in [-0.1, -0.05) is 41.1 Å². The summed E-state index contributed by atoms with van der Waals surface area (Å²) >= 11 is 3.45. The van der Waals surface area contributed by atoms with E-state index in [4.69, 9.17) is 0 Å². The molecule has 0 spiro atoms. The molecule has 1 unspecified atom stereocenters. The number of halogens is 1. The van der Waals surface area contributed by atoms with E-state index in [1.165, 1.54) is 0 Å². The zero-order valence-electron chi connectivity index (χ0n) is 10.7. The number of nitrogens with zero attached hydrogens (tertiary/aromatic N) is 1. The van der Waals surface area contributed by atoms with Crippen molar-refractivity contribution in [2.24, 2.45) is 0 Å². The van der Waals surface area contributed by atoms with Crippen LogP contribution in [-0.4, -0.2) is 30.9 Å². The fourth-order valence-corrected chi connectivity index (χ4v) is 4.45. The van der Waals surface area contributed by atoms with Crippen LogP contribution in [0.4, 0.5) is 0 Å². The zero-order valence-corrected chi connectivity index (χ0v) is 13.1. The monoisotopic (exact) mass is 345 g/mol. The zero-order chi connectivity index (χ0) is 14.0. The maximum Gasteiger partial charge on any atom is 0.237 e. The van der Waals surface area contributed by atoms with E-state index in [0.717, 1.165) is 14.3 Å². The first-order valence-corrected chi connectivity index (χ1v) is 8.59. The topological polar surface area (TPSA) is 54.5 Å². The van der Waals surface area contributed by atoms with Crippen molar-refractivity contribution in [1.29, 1.82) is 0 Å². The molecule has 104 valence electrons. The van der Waals surface area contributed by atoms with E-state index >= 15 is 0 Å². The minimum atomic E-state index is -3.35. The minimum Gasteiger partial charge on any atom is -0.274 e. The number of carbonyl (C=O) groups is 1. The number of benzene rings is 1. The third-order valence-corrected chi connectivity index (χ3v) is 5.88. The van der Waals surface area contributed by atoms with E-state index in [9.17, 15) is 13.2 Å². The Morgan fingerprint density at radius 2 is 2.11 bits per heavy atom. The van der Waals surface area contributed by atoms with Crippen LogP contribution < -0.4 is 0 Å². The molecule has 0 bridgehead atoms. The number of carbonyl (C=O) groups excluding carboxylic acids is 1. The summed E-state index contributed by atoms with van der Waals surface area (Å²) in [6.45, 7) is 2.25. The summed E-state index contributed by atoms with van der Waals surface area (Å²) in [7, 11) is -3.35. The third-order valence-electron chi connectivity index (χ3n) is 3.29. The SMILES string of the molecule is CC(CC(=O)N1CCCS1(=O)=O)c1ccccc1Br. The molecule has 1 aromatic carbocycles. The minimum absolute atomic E-state index is 0.0149. The first-order chi connectivity index (χ1) is 8.92. The van der Waals surface area contributed by atoms with Crippen LogP contribution in [0.3, 0.4) is 0 Å². The quantitative estimate of drug-likeness (QED) is 0.845. The van der Waals surface area contributed by atoms with Gasteiger partial charge in [-0.05, 0) is 24.0 Å². The van der Waals surface area contributed by atoms with Crippen molar-refractivity contribution in [1.82, 2.24) is 4.31 Å². The predicted octanol–water partition coefficient (Wildman–Crippen LogP) is 2.50. The van der Waals surface area contributed by atoms with Crippen LogP contribution in [0.1, 0.15) is 31.2 Å². The highest BCUT2D eigenvalue weighted by molar-refractivity contribution is 9.10. The number of rotatable bonds is 3. The molecule has 6 heteroatoms. The maximum atomic E-state index is 12.1. The van der Waals surface area contributed by atoms with E-state index in [0.29, 0.717) is 13.0 Å². The van der Waals surface area contributed by atoms with Crippen LogP contribution in [0.15, 0.2) is 28.7 Å². The molecule has 1 amide bonds. The lowest BCUT2D eigenvalue weighted by Gasteiger charge is -2.18. The second kappa shape index (κ2) is 5.63. The number of amides is 1. The lowest BCUT2D eigenvalue weighted by atomic mass is 9.97. The molecule has 1 saturated heterocycles. The fourth-order valence-electron chi connectivity index (χ4n) is 2.27. The summed E-state index contributed by atoms with van der Waals surface area (Å²) in [4.78, 5) is 12.1. The highest BCUT2D eigenvalue weighted by Gasteiger charge is 2.33. The van der Waals surface area contributed by atoms with Gasteiger partial charge in [0, 0.05) is 17.4 Å². The first-order valence-electron chi connectivity index (χ1n) is 6.19. The lowest BCUT2D eigenvalue weighted by Crippen LogP contribution is -2.33. The van der Waals surface area contributed by atoms with Crippen molar-refractivity contribution >= 4 is 31.9 Å². The molecule has 4 nitrogen and oxygen atoms in total. The molecular formula is C13H16BrNO3S. The molecule has 0 aliphatic carbocycles. The number of sulfonamides is 1. The smallest absolute Gasteiger partial charge is 0.237 e. The maximum absolute atomic E-state index is 12.1. The molecule has 1 aromatic rings. The fraction of sp³-hybridized carbons (Fsp3) is 0.462. The Hall–Kier alpha value is -0.880. The lowest BCUT2D eigenvalue weighted by molar-refractivity contribution is -0.126. The molecule has 0 aromatic heterocycles. The Bertz CT molecular complexity index is 585. The van der Waals surface area contributed by atoms with E-state index in [-0.39, 0.29) is 24.0 Å². The van der Waals surface area contributed by atoms with Crippen LogP contribution in [-0.2, 0) is 14.8 Å². The highest BCUT2D eigenvalue weighted by atomic mass is 79.9. The van der Waals surface area contributed by atoms with Crippen molar-refractivity contribution in [3.05, 3.63) is 34.3 Å². The van der Waals surface area contributed by atoms with Crippen molar-refractivity contribution in [2.75, 3.05) is 12.3 Å². The second-order valence-corrected chi connectivity index (χ2v) is 7.63. The average molecular weight is 346 g/mol. The van der Waals surface area contributed by atoms with E-state index in [2.05, 4.69) is 15.9 Å². The van der Waals surface area contributed by atoms with Crippen LogP contribution in [0, 0.1) is 0 Å². The standard InChI is InChI=1S/C13H16BrNO3S/c1-10(11-5-2-3-6-12(11)14)9-13(16)15-7-4-8-19(15,17)18/h2-3,5-6,10H,4,7-9H2,1H3. The van der Waals surface area contributed by atoms with Crippen LogP contribution >= 0.6 is 15.9 Å². The summed E-state index contributed by atoms with van der Waals surface area (Å²) in [5.74, 6) is -0.234. The van der Waals surface area contributed by atoms with Crippen LogP contribution in [0.25, 0.3) is 0 Å². The third kappa shape index (κ3) is 3.17. The van der Waals surface area contributed by atoms with Gasteiger partial charge in [-0.15, -0.1) is 0 Å². The van der Waals surface area contributed by atoms with Gasteiger partial charge in [0.25, 0.3) is 0 Å². The van der Waals surface area contributed by atoms with Crippen LogP contribution in [0.2, 0.25) is 0 Å². The Balaban J connectivity index is 2.10. The highest BCUT2D eigenvalue weighted by Crippen LogP contribution is 2.28. The molecule has 0 N–H and O–H groups in total. The molecule has 0 radical (unpaired) electrons. The normalized spacial score (nSPS) is 19.4. The summed E-state index contributed by atoms with van der Waals surface area (Å²) in [5, 5.41) is 0. The molecule has 1 heterocycles. The van der Waals surface area contributed by atoms with Crippen molar-refractivity contribution in [3.8, 4) is 0 Å².